The number of carbonyl (C=O) groups is 3. The number of amides is 3. The molecule has 2 saturated heterocycles. The predicted octanol–water partition coefficient (Wildman–Crippen LogP) is 1.65. The molecule has 152 valence electrons. The van der Waals surface area contributed by atoms with E-state index in [1.54, 1.807) is 13.0 Å². The standard InChI is InChI=1S/C20H21FN4O4/c1-12-10-17(23-29-12)25-18(26)11-16(20(25)28)24-8-6-15(7-9-24)22-19(27)13-2-4-14(21)5-3-13/h2-5,10,15-16H,6-9,11H2,1H3,(H,22,27)/t16-/m0/s1. The number of nitrogens with zero attached hydrogens (tertiary/aromatic N) is 3. The highest BCUT2D eigenvalue weighted by Gasteiger charge is 2.44. The summed E-state index contributed by atoms with van der Waals surface area (Å²) >= 11 is 0. The fraction of sp³-hybridized carbons (Fsp3) is 0.400. The zero-order chi connectivity index (χ0) is 20.5. The third kappa shape index (κ3) is 3.91. The van der Waals surface area contributed by atoms with Crippen molar-refractivity contribution in [1.82, 2.24) is 15.4 Å². The molecular formula is C20H21FN4O4. The number of likely N-dealkylation sites (tertiary alicyclic amines) is 1. The van der Waals surface area contributed by atoms with Crippen molar-refractivity contribution in [3.63, 3.8) is 0 Å². The zero-order valence-electron chi connectivity index (χ0n) is 15.9. The predicted molar refractivity (Wildman–Crippen MR) is 101 cm³/mol. The van der Waals surface area contributed by atoms with E-state index in [1.165, 1.54) is 24.3 Å². The normalized spacial score (nSPS) is 21.0. The van der Waals surface area contributed by atoms with Crippen LogP contribution < -0.4 is 10.2 Å². The molecule has 2 fully saturated rings. The van der Waals surface area contributed by atoms with Crippen molar-refractivity contribution in [1.29, 1.82) is 0 Å². The fourth-order valence-electron chi connectivity index (χ4n) is 3.83. The Kier molecular flexibility index (Phi) is 5.14. The summed E-state index contributed by atoms with van der Waals surface area (Å²) in [6.45, 7) is 2.87. The van der Waals surface area contributed by atoms with Gasteiger partial charge in [-0.25, -0.2) is 9.29 Å². The van der Waals surface area contributed by atoms with E-state index >= 15 is 0 Å². The number of aromatic nitrogens is 1. The number of rotatable bonds is 4. The molecular weight excluding hydrogens is 379 g/mol. The number of halogens is 1. The minimum Gasteiger partial charge on any atom is -0.360 e. The van der Waals surface area contributed by atoms with E-state index in [1.807, 2.05) is 4.90 Å². The summed E-state index contributed by atoms with van der Waals surface area (Å²) in [4.78, 5) is 40.5. The zero-order valence-corrected chi connectivity index (χ0v) is 15.9. The van der Waals surface area contributed by atoms with Gasteiger partial charge >= 0.3 is 0 Å². The van der Waals surface area contributed by atoms with Gasteiger partial charge in [0.2, 0.25) is 5.91 Å². The number of anilines is 1. The number of hydrogen-bond acceptors (Lipinski definition) is 6. The van der Waals surface area contributed by atoms with Crippen LogP contribution in [0.4, 0.5) is 10.2 Å². The molecule has 0 unspecified atom stereocenters. The SMILES string of the molecule is Cc1cc(N2C(=O)C[C@H](N3CCC(NC(=O)c4ccc(F)cc4)CC3)C2=O)no1. The first-order chi connectivity index (χ1) is 13.9. The maximum Gasteiger partial charge on any atom is 0.252 e. The van der Waals surface area contributed by atoms with Crippen molar-refractivity contribution < 1.29 is 23.3 Å². The van der Waals surface area contributed by atoms with Crippen molar-refractivity contribution in [3.05, 3.63) is 47.5 Å². The number of nitrogens with one attached hydrogen (secondary N) is 1. The smallest absolute Gasteiger partial charge is 0.252 e. The molecule has 29 heavy (non-hydrogen) atoms. The number of piperidine rings is 1. The highest BCUT2D eigenvalue weighted by atomic mass is 19.1. The number of hydrogen-bond donors (Lipinski definition) is 1. The van der Waals surface area contributed by atoms with Gasteiger partial charge < -0.3 is 9.84 Å². The molecule has 2 aliphatic rings. The Morgan fingerprint density at radius 3 is 2.52 bits per heavy atom. The van der Waals surface area contributed by atoms with Crippen LogP contribution in [-0.2, 0) is 9.59 Å². The number of imide groups is 1. The van der Waals surface area contributed by atoms with Crippen LogP contribution in [0.1, 0.15) is 35.4 Å². The Bertz CT molecular complexity index is 934. The summed E-state index contributed by atoms with van der Waals surface area (Å²) in [6.07, 6.45) is 1.43. The maximum atomic E-state index is 13.0. The van der Waals surface area contributed by atoms with Crippen molar-refractivity contribution in [3.8, 4) is 0 Å². The first-order valence-corrected chi connectivity index (χ1v) is 9.53. The van der Waals surface area contributed by atoms with Crippen LogP contribution in [0.25, 0.3) is 0 Å². The lowest BCUT2D eigenvalue weighted by Crippen LogP contribution is -2.50. The molecule has 1 aromatic heterocycles. The summed E-state index contributed by atoms with van der Waals surface area (Å²) in [7, 11) is 0. The van der Waals surface area contributed by atoms with Gasteiger partial charge in [-0.05, 0) is 44.0 Å². The average Bonchev–Trinajstić information content (AvgIpc) is 3.25. The van der Waals surface area contributed by atoms with Crippen LogP contribution in [0.5, 0.6) is 0 Å². The van der Waals surface area contributed by atoms with Crippen molar-refractivity contribution >= 4 is 23.5 Å². The van der Waals surface area contributed by atoms with E-state index in [-0.39, 0.29) is 41.8 Å². The van der Waals surface area contributed by atoms with E-state index in [2.05, 4.69) is 10.5 Å². The molecule has 3 amide bonds. The highest BCUT2D eigenvalue weighted by Crippen LogP contribution is 2.27. The van der Waals surface area contributed by atoms with Crippen LogP contribution in [0.15, 0.2) is 34.9 Å². The quantitative estimate of drug-likeness (QED) is 0.784. The van der Waals surface area contributed by atoms with Gasteiger partial charge in [-0.3, -0.25) is 19.3 Å². The second-order valence-corrected chi connectivity index (χ2v) is 7.37. The second kappa shape index (κ2) is 7.75. The third-order valence-electron chi connectivity index (χ3n) is 5.38. The molecule has 9 heteroatoms. The molecule has 0 aliphatic carbocycles. The van der Waals surface area contributed by atoms with Gasteiger partial charge in [-0.1, -0.05) is 5.16 Å². The van der Waals surface area contributed by atoms with Crippen LogP contribution in [0, 0.1) is 12.7 Å². The summed E-state index contributed by atoms with van der Waals surface area (Å²) in [5.74, 6) is -0.469. The lowest BCUT2D eigenvalue weighted by atomic mass is 10.0. The lowest BCUT2D eigenvalue weighted by molar-refractivity contribution is -0.123. The Labute approximate surface area is 166 Å². The average molecular weight is 400 g/mol. The molecule has 3 heterocycles. The third-order valence-corrected chi connectivity index (χ3v) is 5.38. The van der Waals surface area contributed by atoms with E-state index in [9.17, 15) is 18.8 Å². The van der Waals surface area contributed by atoms with Gasteiger partial charge in [0, 0.05) is 30.8 Å². The van der Waals surface area contributed by atoms with E-state index in [0.29, 0.717) is 37.3 Å². The summed E-state index contributed by atoms with van der Waals surface area (Å²) in [6, 6.07) is 6.41. The largest absolute Gasteiger partial charge is 0.360 e. The molecule has 0 bridgehead atoms. The van der Waals surface area contributed by atoms with E-state index < -0.39 is 6.04 Å². The molecule has 1 N–H and O–H groups in total. The first kappa shape index (κ1) is 19.3. The Balaban J connectivity index is 1.34. The molecule has 0 saturated carbocycles. The fourth-order valence-corrected chi connectivity index (χ4v) is 3.83. The maximum absolute atomic E-state index is 13.0. The van der Waals surface area contributed by atoms with E-state index in [0.717, 1.165) is 4.90 Å². The minimum absolute atomic E-state index is 0.0368. The molecule has 4 rings (SSSR count). The monoisotopic (exact) mass is 400 g/mol. The van der Waals surface area contributed by atoms with Gasteiger partial charge in [0.1, 0.15) is 11.6 Å². The summed E-state index contributed by atoms with van der Waals surface area (Å²) < 4.78 is 18.0. The van der Waals surface area contributed by atoms with E-state index in [4.69, 9.17) is 4.52 Å². The van der Waals surface area contributed by atoms with Crippen LogP contribution in [-0.4, -0.2) is 53.0 Å². The number of benzene rings is 1. The number of carbonyl (C=O) groups excluding carboxylic acids is 3. The van der Waals surface area contributed by atoms with Crippen LogP contribution in [0.3, 0.4) is 0 Å². The van der Waals surface area contributed by atoms with Gasteiger partial charge in [0.05, 0.1) is 12.5 Å². The molecule has 2 aliphatic heterocycles. The topological polar surface area (TPSA) is 95.8 Å². The van der Waals surface area contributed by atoms with Crippen molar-refractivity contribution in [2.45, 2.75) is 38.3 Å². The Hall–Kier alpha value is -3.07. The van der Waals surface area contributed by atoms with Gasteiger partial charge in [-0.15, -0.1) is 0 Å². The van der Waals surface area contributed by atoms with Gasteiger partial charge in [-0.2, -0.15) is 0 Å². The summed E-state index contributed by atoms with van der Waals surface area (Å²) in [5.41, 5.74) is 0.406. The minimum atomic E-state index is -0.520. The Morgan fingerprint density at radius 2 is 1.90 bits per heavy atom. The molecule has 0 radical (unpaired) electrons. The van der Waals surface area contributed by atoms with Gasteiger partial charge in [0.15, 0.2) is 5.82 Å². The Morgan fingerprint density at radius 1 is 1.21 bits per heavy atom. The summed E-state index contributed by atoms with van der Waals surface area (Å²) in [5, 5.41) is 6.73. The first-order valence-electron chi connectivity index (χ1n) is 9.53. The van der Waals surface area contributed by atoms with Crippen molar-refractivity contribution in [2.24, 2.45) is 0 Å². The second-order valence-electron chi connectivity index (χ2n) is 7.37. The molecule has 8 nitrogen and oxygen atoms in total. The number of aryl methyl sites for hydroxylation is 1. The lowest BCUT2D eigenvalue weighted by Gasteiger charge is -2.35. The molecule has 2 aromatic rings. The van der Waals surface area contributed by atoms with Gasteiger partial charge in [0.25, 0.3) is 11.8 Å². The molecule has 1 atom stereocenters. The van der Waals surface area contributed by atoms with Crippen molar-refractivity contribution in [2.75, 3.05) is 18.0 Å². The highest BCUT2D eigenvalue weighted by molar-refractivity contribution is 6.21. The van der Waals surface area contributed by atoms with Crippen LogP contribution in [0.2, 0.25) is 0 Å². The van der Waals surface area contributed by atoms with Crippen LogP contribution >= 0.6 is 0 Å². The molecule has 0 spiro atoms. The molecule has 1 aromatic carbocycles.